The van der Waals surface area contributed by atoms with Crippen molar-refractivity contribution in [2.75, 3.05) is 0 Å². The molecule has 0 radical (unpaired) electrons. The number of aromatic nitrogens is 6. The average molecular weight is 747 g/mol. The molecular formula is C50H30N6S. The SMILES string of the molecule is c1ccc(-c2ccc(-c3nc(-c4ccccc4)nc(-c4ccc(-c5ncc6sc7ncc(-c8ccc9cc%10ccccc%10cc9c8)cc7c6n5)cc4)n3)cc2)cc1. The van der Waals surface area contributed by atoms with Crippen LogP contribution in [0.5, 0.6) is 0 Å². The Morgan fingerprint density at radius 3 is 1.46 bits per heavy atom. The zero-order valence-electron chi connectivity index (χ0n) is 30.4. The second kappa shape index (κ2) is 13.7. The van der Waals surface area contributed by atoms with Gasteiger partial charge in [0.1, 0.15) is 4.83 Å². The normalized spacial score (nSPS) is 11.5. The molecule has 4 heterocycles. The molecule has 0 amide bonds. The maximum absolute atomic E-state index is 5.11. The van der Waals surface area contributed by atoms with Crippen molar-refractivity contribution in [3.8, 4) is 67.8 Å². The lowest BCUT2D eigenvalue weighted by Gasteiger charge is -2.09. The van der Waals surface area contributed by atoms with Crippen LogP contribution in [0, 0.1) is 0 Å². The van der Waals surface area contributed by atoms with Crippen LogP contribution < -0.4 is 0 Å². The van der Waals surface area contributed by atoms with Gasteiger partial charge < -0.3 is 0 Å². The fourth-order valence-corrected chi connectivity index (χ4v) is 8.36. The van der Waals surface area contributed by atoms with E-state index in [-0.39, 0.29) is 0 Å². The van der Waals surface area contributed by atoms with E-state index in [2.05, 4.69) is 109 Å². The second-order valence-corrected chi connectivity index (χ2v) is 15.1. The molecule has 0 unspecified atom stereocenters. The number of nitrogens with zero attached hydrogens (tertiary/aromatic N) is 6. The van der Waals surface area contributed by atoms with E-state index < -0.39 is 0 Å². The molecule has 0 saturated heterocycles. The molecule has 0 aliphatic heterocycles. The van der Waals surface area contributed by atoms with E-state index >= 15 is 0 Å². The molecule has 7 aromatic carbocycles. The second-order valence-electron chi connectivity index (χ2n) is 14.0. The van der Waals surface area contributed by atoms with Gasteiger partial charge in [-0.25, -0.2) is 29.9 Å². The first kappa shape index (κ1) is 32.9. The summed E-state index contributed by atoms with van der Waals surface area (Å²) < 4.78 is 1.00. The van der Waals surface area contributed by atoms with Gasteiger partial charge in [-0.1, -0.05) is 146 Å². The molecule has 266 valence electrons. The Bertz CT molecular complexity index is 3270. The van der Waals surface area contributed by atoms with E-state index in [1.165, 1.54) is 21.5 Å². The fraction of sp³-hybridized carbons (Fsp3) is 0. The van der Waals surface area contributed by atoms with E-state index in [0.717, 1.165) is 64.9 Å². The minimum absolute atomic E-state index is 0.596. The van der Waals surface area contributed by atoms with Crippen LogP contribution in [0.25, 0.3) is 110 Å². The topological polar surface area (TPSA) is 77.3 Å². The van der Waals surface area contributed by atoms with Gasteiger partial charge in [0.2, 0.25) is 0 Å². The van der Waals surface area contributed by atoms with E-state index in [0.29, 0.717) is 23.3 Å². The molecule has 0 atom stereocenters. The van der Waals surface area contributed by atoms with Gasteiger partial charge in [-0.15, -0.1) is 11.3 Å². The van der Waals surface area contributed by atoms with Gasteiger partial charge in [-0.3, -0.25) is 0 Å². The van der Waals surface area contributed by atoms with Crippen molar-refractivity contribution in [2.24, 2.45) is 0 Å². The lowest BCUT2D eigenvalue weighted by Crippen LogP contribution is -2.00. The molecule has 11 rings (SSSR count). The largest absolute Gasteiger partial charge is 0.245 e. The first-order chi connectivity index (χ1) is 28.2. The molecule has 6 nitrogen and oxygen atoms in total. The minimum atomic E-state index is 0.596. The minimum Gasteiger partial charge on any atom is -0.245 e. The number of hydrogen-bond donors (Lipinski definition) is 0. The van der Waals surface area contributed by atoms with Crippen molar-refractivity contribution in [1.82, 2.24) is 29.9 Å². The summed E-state index contributed by atoms with van der Waals surface area (Å²) in [5, 5.41) is 5.92. The molecule has 0 bridgehead atoms. The summed E-state index contributed by atoms with van der Waals surface area (Å²) in [7, 11) is 0. The predicted octanol–water partition coefficient (Wildman–Crippen LogP) is 12.7. The number of thiophene rings is 1. The highest BCUT2D eigenvalue weighted by Crippen LogP contribution is 2.36. The Labute approximate surface area is 331 Å². The molecule has 4 aromatic heterocycles. The Kier molecular flexibility index (Phi) is 7.89. The Hall–Kier alpha value is -7.48. The van der Waals surface area contributed by atoms with Crippen LogP contribution in [-0.2, 0) is 0 Å². The molecule has 11 aromatic rings. The fourth-order valence-electron chi connectivity index (χ4n) is 7.42. The van der Waals surface area contributed by atoms with Gasteiger partial charge >= 0.3 is 0 Å². The lowest BCUT2D eigenvalue weighted by molar-refractivity contribution is 1.07. The number of pyridine rings is 1. The van der Waals surface area contributed by atoms with Crippen LogP contribution in [0.2, 0.25) is 0 Å². The van der Waals surface area contributed by atoms with Gasteiger partial charge in [-0.05, 0) is 62.5 Å². The van der Waals surface area contributed by atoms with Gasteiger partial charge in [0.05, 0.1) is 10.2 Å². The Balaban J connectivity index is 0.933. The Morgan fingerprint density at radius 1 is 0.316 bits per heavy atom. The maximum atomic E-state index is 5.11. The van der Waals surface area contributed by atoms with Crippen molar-refractivity contribution >= 4 is 53.3 Å². The predicted molar refractivity (Wildman–Crippen MR) is 234 cm³/mol. The third kappa shape index (κ3) is 6.16. The first-order valence-electron chi connectivity index (χ1n) is 18.7. The van der Waals surface area contributed by atoms with Crippen LogP contribution in [-0.4, -0.2) is 29.9 Å². The van der Waals surface area contributed by atoms with Gasteiger partial charge in [0.25, 0.3) is 0 Å². The summed E-state index contributed by atoms with van der Waals surface area (Å²) in [6, 6.07) is 58.7. The molecule has 0 fully saturated rings. The molecule has 0 aliphatic carbocycles. The van der Waals surface area contributed by atoms with Crippen molar-refractivity contribution in [1.29, 1.82) is 0 Å². The standard InChI is InChI=1S/C50H30N6S/c1-3-9-31(10-4-1)32-15-17-35(18-16-32)48-54-47(33-11-5-2-6-12-33)55-49(56-48)36-21-19-34(20-22-36)46-51-30-44-45(53-46)43-28-42(29-52-50(43)57-44)40-24-23-39-25-37-13-7-8-14-38(37)26-41(39)27-40/h1-30H. The highest BCUT2D eigenvalue weighted by Gasteiger charge is 2.15. The molecule has 57 heavy (non-hydrogen) atoms. The number of hydrogen-bond acceptors (Lipinski definition) is 7. The lowest BCUT2D eigenvalue weighted by atomic mass is 9.99. The van der Waals surface area contributed by atoms with E-state index in [4.69, 9.17) is 29.9 Å². The third-order valence-electron chi connectivity index (χ3n) is 10.4. The molecule has 7 heteroatoms. The highest BCUT2D eigenvalue weighted by molar-refractivity contribution is 7.25. The van der Waals surface area contributed by atoms with Crippen LogP contribution in [0.1, 0.15) is 0 Å². The van der Waals surface area contributed by atoms with Crippen LogP contribution >= 0.6 is 11.3 Å². The monoisotopic (exact) mass is 746 g/mol. The molecule has 0 spiro atoms. The smallest absolute Gasteiger partial charge is 0.164 e. The maximum Gasteiger partial charge on any atom is 0.164 e. The zero-order valence-corrected chi connectivity index (χ0v) is 31.2. The molecule has 0 saturated carbocycles. The summed E-state index contributed by atoms with van der Waals surface area (Å²) in [6.45, 7) is 0. The van der Waals surface area contributed by atoms with E-state index in [1.54, 1.807) is 11.3 Å². The zero-order chi connectivity index (χ0) is 37.7. The summed E-state index contributed by atoms with van der Waals surface area (Å²) in [6.07, 6.45) is 3.87. The van der Waals surface area contributed by atoms with Gasteiger partial charge in [-0.2, -0.15) is 0 Å². The molecule has 0 N–H and O–H groups in total. The molecular weight excluding hydrogens is 717 g/mol. The summed E-state index contributed by atoms with van der Waals surface area (Å²) in [4.78, 5) is 30.5. The Morgan fingerprint density at radius 2 is 0.807 bits per heavy atom. The molecule has 0 aliphatic rings. The van der Waals surface area contributed by atoms with Crippen molar-refractivity contribution in [3.05, 3.63) is 182 Å². The number of benzene rings is 7. The number of rotatable bonds is 6. The number of fused-ring (bicyclic) bond motifs is 5. The summed E-state index contributed by atoms with van der Waals surface area (Å²) in [5.74, 6) is 2.48. The van der Waals surface area contributed by atoms with Crippen LogP contribution in [0.3, 0.4) is 0 Å². The van der Waals surface area contributed by atoms with E-state index in [9.17, 15) is 0 Å². The quantitative estimate of drug-likeness (QED) is 0.158. The van der Waals surface area contributed by atoms with E-state index in [1.807, 2.05) is 73.1 Å². The summed E-state index contributed by atoms with van der Waals surface area (Å²) in [5.41, 5.74) is 9.01. The average Bonchev–Trinajstić information content (AvgIpc) is 3.66. The first-order valence-corrected chi connectivity index (χ1v) is 19.6. The summed E-state index contributed by atoms with van der Waals surface area (Å²) >= 11 is 1.61. The van der Waals surface area contributed by atoms with Crippen molar-refractivity contribution in [2.45, 2.75) is 0 Å². The highest BCUT2D eigenvalue weighted by atomic mass is 32.1. The van der Waals surface area contributed by atoms with Crippen molar-refractivity contribution < 1.29 is 0 Å². The van der Waals surface area contributed by atoms with Crippen LogP contribution in [0.15, 0.2) is 182 Å². The van der Waals surface area contributed by atoms with Crippen molar-refractivity contribution in [3.63, 3.8) is 0 Å². The van der Waals surface area contributed by atoms with Gasteiger partial charge in [0, 0.05) is 45.6 Å². The van der Waals surface area contributed by atoms with Gasteiger partial charge in [0.15, 0.2) is 23.3 Å². The van der Waals surface area contributed by atoms with Crippen LogP contribution in [0.4, 0.5) is 0 Å². The third-order valence-corrected chi connectivity index (χ3v) is 11.5.